The van der Waals surface area contributed by atoms with Gasteiger partial charge in [-0.3, -0.25) is 0 Å². The minimum atomic E-state index is -0.0509. The van der Waals surface area contributed by atoms with Crippen LogP contribution in [0.2, 0.25) is 0 Å². The first kappa shape index (κ1) is 18.7. The van der Waals surface area contributed by atoms with Gasteiger partial charge in [0.1, 0.15) is 0 Å². The van der Waals surface area contributed by atoms with E-state index in [9.17, 15) is 0 Å². The fourth-order valence-corrected chi connectivity index (χ4v) is 0. The molecule has 0 aromatic rings. The van der Waals surface area contributed by atoms with Gasteiger partial charge < -0.3 is 36.7 Å². The molecule has 0 saturated heterocycles. The summed E-state index contributed by atoms with van der Waals surface area (Å²) in [5.41, 5.74) is 13.4. The van der Waals surface area contributed by atoms with Crippen LogP contribution in [0, 0.1) is 0 Å². The summed E-state index contributed by atoms with van der Waals surface area (Å²) < 4.78 is 8.19. The molecule has 0 aromatic heterocycles. The molecule has 0 radical (unpaired) electrons. The first-order valence-electron chi connectivity index (χ1n) is 3.31. The molecule has 0 amide bonds. The Morgan fingerprint density at radius 2 is 1.17 bits per heavy atom. The minimum absolute atomic E-state index is 0.0509. The Morgan fingerprint density at radius 3 is 1.17 bits per heavy atom. The van der Waals surface area contributed by atoms with E-state index in [0.717, 1.165) is 17.4 Å². The van der Waals surface area contributed by atoms with Crippen molar-refractivity contribution in [2.75, 3.05) is 11.5 Å². The molecule has 3 nitrogen and oxygen atoms in total. The van der Waals surface area contributed by atoms with Crippen LogP contribution in [-0.2, 0) is 46.3 Å². The Morgan fingerprint density at radius 1 is 1.08 bits per heavy atom. The Hall–Kier alpha value is 1.00. The van der Waals surface area contributed by atoms with Crippen molar-refractivity contribution >= 4 is 25.3 Å². The molecular formula is C6H14N2OS2V-4. The van der Waals surface area contributed by atoms with Gasteiger partial charge in [0, 0.05) is 0 Å². The van der Waals surface area contributed by atoms with Crippen molar-refractivity contribution in [1.82, 2.24) is 0 Å². The van der Waals surface area contributed by atoms with Crippen LogP contribution >= 0.6 is 0 Å². The van der Waals surface area contributed by atoms with Crippen LogP contribution in [0.1, 0.15) is 13.8 Å². The molecule has 6 heteroatoms. The fourth-order valence-electron chi connectivity index (χ4n) is 0. The molecule has 0 rings (SSSR count). The molecule has 12 heavy (non-hydrogen) atoms. The second-order valence-corrected chi connectivity index (χ2v) is 2.80. The van der Waals surface area contributed by atoms with Crippen molar-refractivity contribution in [1.29, 1.82) is 0 Å². The van der Waals surface area contributed by atoms with Gasteiger partial charge >= 0.3 is 21.0 Å². The van der Waals surface area contributed by atoms with Crippen LogP contribution in [-0.4, -0.2) is 23.6 Å². The first-order valence-corrected chi connectivity index (χ1v) is 5.03. The zero-order valence-corrected chi connectivity index (χ0v) is 10.3. The van der Waals surface area contributed by atoms with Gasteiger partial charge in [-0.2, -0.15) is 23.6 Å². The van der Waals surface area contributed by atoms with Gasteiger partial charge in [-0.25, -0.2) is 0 Å². The molecule has 0 spiro atoms. The molecule has 0 heterocycles. The van der Waals surface area contributed by atoms with Crippen molar-refractivity contribution in [2.24, 2.45) is 0 Å². The summed E-state index contributed by atoms with van der Waals surface area (Å²) in [4.78, 5) is 0. The second kappa shape index (κ2) is 17.9. The summed E-state index contributed by atoms with van der Waals surface area (Å²) in [7, 11) is 0. The van der Waals surface area contributed by atoms with Gasteiger partial charge in [-0.15, -0.1) is 0 Å². The van der Waals surface area contributed by atoms with Crippen molar-refractivity contribution in [3.8, 4) is 0 Å². The van der Waals surface area contributed by atoms with Crippen molar-refractivity contribution in [2.45, 2.75) is 25.9 Å². The van der Waals surface area contributed by atoms with E-state index in [-0.39, 0.29) is 12.1 Å². The first-order chi connectivity index (χ1) is 5.54. The van der Waals surface area contributed by atoms with Crippen LogP contribution < -0.4 is 0 Å². The summed E-state index contributed by atoms with van der Waals surface area (Å²) in [6.45, 7) is 3.57. The quantitative estimate of drug-likeness (QED) is 0.697. The topological polar surface area (TPSA) is 64.7 Å². The van der Waals surface area contributed by atoms with E-state index in [2.05, 4.69) is 25.3 Å². The summed E-state index contributed by atoms with van der Waals surface area (Å²) in [6.07, 6.45) is 0. The van der Waals surface area contributed by atoms with Crippen LogP contribution in [0.25, 0.3) is 11.5 Å². The molecule has 0 aliphatic heterocycles. The van der Waals surface area contributed by atoms with Gasteiger partial charge in [-0.1, -0.05) is 13.8 Å². The third-order valence-electron chi connectivity index (χ3n) is 0.500. The van der Waals surface area contributed by atoms with Gasteiger partial charge in [0.25, 0.3) is 0 Å². The van der Waals surface area contributed by atoms with Gasteiger partial charge in [0.05, 0.1) is 0 Å². The van der Waals surface area contributed by atoms with Gasteiger partial charge in [0.2, 0.25) is 0 Å². The van der Waals surface area contributed by atoms with Crippen LogP contribution in [0.5, 0.6) is 0 Å². The molecule has 2 unspecified atom stereocenters. The van der Waals surface area contributed by atoms with E-state index < -0.39 is 0 Å². The molecule has 2 N–H and O–H groups in total. The van der Waals surface area contributed by atoms with Crippen molar-refractivity contribution in [3.63, 3.8) is 0 Å². The van der Waals surface area contributed by atoms with Crippen LogP contribution in [0.4, 0.5) is 0 Å². The summed E-state index contributed by atoms with van der Waals surface area (Å²) in [5, 5.41) is 0. The number of nitrogens with one attached hydrogen (secondary N) is 2. The zero-order chi connectivity index (χ0) is 10.6. The third-order valence-corrected chi connectivity index (χ3v) is 1.50. The number of rotatable bonds is 2. The third kappa shape index (κ3) is 44.0. The Bertz CT molecular complexity index is 68.6. The zero-order valence-electron chi connectivity index (χ0n) is 7.24. The Kier molecular flexibility index (Phi) is 28.0. The summed E-state index contributed by atoms with van der Waals surface area (Å²) in [6, 6.07) is -0.102. The molecule has 2 atom stereocenters. The molecule has 75 valence electrons. The number of hydrogen-bond acceptors (Lipinski definition) is 3. The summed E-state index contributed by atoms with van der Waals surface area (Å²) in [5.74, 6) is 1.11. The van der Waals surface area contributed by atoms with Gasteiger partial charge in [-0.05, 0) is 0 Å². The predicted molar refractivity (Wildman–Crippen MR) is 52.7 cm³/mol. The summed E-state index contributed by atoms with van der Waals surface area (Å²) >= 11 is 10.0. The average Bonchev–Trinajstić information content (AvgIpc) is 2.09. The maximum absolute atomic E-state index is 8.19. The monoisotopic (exact) mass is 245 g/mol. The molecule has 0 saturated carbocycles. The standard InChI is InChI=1S/2C3H8NS.O.V/c2*1-3(4)2-5;;/h2*3-5H,2H2,1H3;;/q2*-1;;/p-2. The van der Waals surface area contributed by atoms with E-state index in [1.54, 1.807) is 13.8 Å². The Balaban J connectivity index is -0.000000112. The van der Waals surface area contributed by atoms with Crippen molar-refractivity contribution < 1.29 is 21.0 Å². The van der Waals surface area contributed by atoms with E-state index in [1.807, 2.05) is 0 Å². The van der Waals surface area contributed by atoms with E-state index >= 15 is 0 Å². The van der Waals surface area contributed by atoms with Crippen LogP contribution in [0.15, 0.2) is 0 Å². The SMILES string of the molecule is CC([NH-])C[S-].CC([NH-])C[S-].[O]=[V]. The molecule has 0 aliphatic rings. The van der Waals surface area contributed by atoms with E-state index in [4.69, 9.17) is 15.1 Å². The Labute approximate surface area is 95.1 Å². The van der Waals surface area contributed by atoms with E-state index in [1.165, 1.54) is 0 Å². The molecule has 0 aliphatic carbocycles. The molecule has 0 aromatic carbocycles. The predicted octanol–water partition coefficient (Wildman–Crippen LogP) is 1.83. The normalized spacial score (nSPS) is 12.8. The van der Waals surface area contributed by atoms with Gasteiger partial charge in [0.15, 0.2) is 0 Å². The second-order valence-electron chi connectivity index (χ2n) is 2.14. The molecule has 0 fully saturated rings. The molecular weight excluding hydrogens is 231 g/mol. The van der Waals surface area contributed by atoms with Crippen molar-refractivity contribution in [3.05, 3.63) is 11.5 Å². The fraction of sp³-hybridized carbons (Fsp3) is 1.00. The number of hydrogen-bond donors (Lipinski definition) is 0. The van der Waals surface area contributed by atoms with E-state index in [0.29, 0.717) is 11.5 Å². The maximum atomic E-state index is 8.19. The van der Waals surface area contributed by atoms with Crippen LogP contribution in [0.3, 0.4) is 0 Å². The average molecular weight is 245 g/mol. The molecule has 0 bridgehead atoms.